The van der Waals surface area contributed by atoms with Crippen LogP contribution in [-0.2, 0) is 85.4 Å². The molecule has 1 aromatic carbocycles. The molecule has 11 fully saturated rings. The van der Waals surface area contributed by atoms with Crippen LogP contribution in [0.15, 0.2) is 42.0 Å². The minimum atomic E-state index is -2.35. The molecule has 12 aliphatic rings. The lowest BCUT2D eigenvalue weighted by atomic mass is 9.33. The summed E-state index contributed by atoms with van der Waals surface area (Å²) in [6, 6.07) is 6.58. The van der Waals surface area contributed by atoms with Crippen LogP contribution in [0.2, 0.25) is 0 Å². The number of methoxy groups -OCH3 is 1. The molecule has 117 heavy (non-hydrogen) atoms. The minimum Gasteiger partial charge on any atom is -0.497 e. The van der Waals surface area contributed by atoms with Crippen molar-refractivity contribution in [2.45, 2.75) is 315 Å². The van der Waals surface area contributed by atoms with Crippen LogP contribution in [-0.4, -0.2) is 364 Å². The third kappa shape index (κ3) is 16.1. The Kier molecular flexibility index (Phi) is 26.8. The maximum atomic E-state index is 16.6. The fourth-order valence-electron chi connectivity index (χ4n) is 21.4. The fourth-order valence-corrected chi connectivity index (χ4v) is 21.4. The number of carbonyl (C=O) groups excluding carboxylic acids is 2. The number of carboxylic acids is 1. The molecule has 0 spiro atoms. The van der Waals surface area contributed by atoms with Gasteiger partial charge in [-0.25, -0.2) is 4.79 Å². The first-order valence-electron chi connectivity index (χ1n) is 40.3. The Balaban J connectivity index is 0.859. The van der Waals surface area contributed by atoms with Gasteiger partial charge < -0.3 is 173 Å². The van der Waals surface area contributed by atoms with E-state index >= 15 is 4.79 Å². The molecule has 0 bridgehead atoms. The number of aliphatic hydroxyl groups excluding tert-OH is 17. The molecule has 41 atom stereocenters. The van der Waals surface area contributed by atoms with Crippen molar-refractivity contribution in [3.05, 3.63) is 47.6 Å². The summed E-state index contributed by atoms with van der Waals surface area (Å²) in [7, 11) is 1.47. The van der Waals surface area contributed by atoms with Gasteiger partial charge in [0.25, 0.3) is 0 Å². The molecule has 7 heterocycles. The van der Waals surface area contributed by atoms with Crippen molar-refractivity contribution >= 4 is 24.0 Å². The second kappa shape index (κ2) is 34.7. The Hall–Kier alpha value is -4.33. The summed E-state index contributed by atoms with van der Waals surface area (Å²) >= 11 is 0. The van der Waals surface area contributed by atoms with Crippen molar-refractivity contribution in [2.75, 3.05) is 46.8 Å². The van der Waals surface area contributed by atoms with E-state index in [1.807, 2.05) is 13.0 Å². The van der Waals surface area contributed by atoms with E-state index in [1.54, 1.807) is 24.3 Å². The smallest absolute Gasteiger partial charge is 0.331 e. The number of hydrogen-bond acceptors (Lipinski definition) is 37. The molecule has 19 N–H and O–H groups in total. The summed E-state index contributed by atoms with van der Waals surface area (Å²) in [5.74, 6) is -4.68. The molecule has 662 valence electrons. The number of allylic oxidation sites excluding steroid dienone is 1. The number of hydrogen-bond donors (Lipinski definition) is 19. The van der Waals surface area contributed by atoms with Gasteiger partial charge >= 0.3 is 17.9 Å². The van der Waals surface area contributed by atoms with Crippen LogP contribution in [0.3, 0.4) is 0 Å². The van der Waals surface area contributed by atoms with Crippen molar-refractivity contribution in [3.8, 4) is 5.75 Å². The summed E-state index contributed by atoms with van der Waals surface area (Å²) in [5, 5.41) is 214. The zero-order valence-corrected chi connectivity index (χ0v) is 66.6. The van der Waals surface area contributed by atoms with E-state index in [4.69, 9.17) is 75.8 Å². The second-order valence-corrected chi connectivity index (χ2v) is 35.8. The highest BCUT2D eigenvalue weighted by molar-refractivity contribution is 5.87. The van der Waals surface area contributed by atoms with Gasteiger partial charge in [0.2, 0.25) is 6.29 Å². The lowest BCUT2D eigenvalue weighted by Crippen LogP contribution is -2.71. The summed E-state index contributed by atoms with van der Waals surface area (Å²) in [5.41, 5.74) is -8.04. The van der Waals surface area contributed by atoms with Crippen molar-refractivity contribution in [1.82, 2.24) is 0 Å². The van der Waals surface area contributed by atoms with E-state index in [0.29, 0.717) is 30.6 Å². The first-order valence-corrected chi connectivity index (χ1v) is 40.3. The molecular weight excluding hydrogens is 1560 g/mol. The molecule has 0 unspecified atom stereocenters. The number of carboxylic acid groups (broad SMARTS) is 1. The quantitative estimate of drug-likeness (QED) is 0.0226. The van der Waals surface area contributed by atoms with Crippen molar-refractivity contribution in [3.63, 3.8) is 0 Å². The van der Waals surface area contributed by atoms with E-state index in [-0.39, 0.29) is 38.5 Å². The van der Waals surface area contributed by atoms with Gasteiger partial charge in [0, 0.05) is 11.5 Å². The maximum absolute atomic E-state index is 16.6. The Morgan fingerprint density at radius 2 is 1.09 bits per heavy atom. The van der Waals surface area contributed by atoms with Gasteiger partial charge in [0.1, 0.15) is 127 Å². The van der Waals surface area contributed by atoms with Crippen LogP contribution in [0.5, 0.6) is 5.75 Å². The minimum absolute atomic E-state index is 0.0454. The van der Waals surface area contributed by atoms with Gasteiger partial charge in [0.15, 0.2) is 49.9 Å². The number of carbonyl (C=O) groups is 3. The van der Waals surface area contributed by atoms with E-state index < -0.39 is 310 Å². The number of ether oxygens (including phenoxy) is 16. The lowest BCUT2D eigenvalue weighted by Gasteiger charge is -2.71. The lowest BCUT2D eigenvalue weighted by molar-refractivity contribution is -0.398. The summed E-state index contributed by atoms with van der Waals surface area (Å²) in [6.45, 7) is 9.51. The summed E-state index contributed by atoms with van der Waals surface area (Å²) < 4.78 is 98.7. The highest BCUT2D eigenvalue weighted by Crippen LogP contribution is 2.76. The first kappa shape index (κ1) is 90.4. The highest BCUT2D eigenvalue weighted by Gasteiger charge is 2.74. The monoisotopic (exact) mass is 1670 g/mol. The summed E-state index contributed by atoms with van der Waals surface area (Å²) in [6.07, 6.45) is -51.5. The Morgan fingerprint density at radius 1 is 0.521 bits per heavy atom. The normalized spacial score (nSPS) is 50.5. The number of fused-ring (bicyclic) bond motifs is 7. The molecule has 0 radical (unpaired) electrons. The number of benzene rings is 1. The molecule has 5 aliphatic carbocycles. The molecule has 38 nitrogen and oxygen atoms in total. The Morgan fingerprint density at radius 3 is 1.74 bits per heavy atom. The van der Waals surface area contributed by atoms with Crippen molar-refractivity contribution < 1.29 is 187 Å². The SMILES string of the molecule is COc1ccc(/C=C/C(=O)O[C@@H]2[C@H](O[C@@H]3O[C@@H](C)[C@H](O)[C@@H](O)[C@H]3O)[C@@H](O[C@@H]3O[C@@H](C)[C@H](O[C@@H]4OC[C@@H](O)[C@H](O[C@@H]5OC[C@H](O)[C@H](O)[C@H]5O)[C@H]4O)[C@@H](O[C@@H]4OC[C@@](O)(CO)[C@H]4O)[C@H]3O)[C@H](OC(=O)[C@]34CCC(C)(C)C[C@H]3C3=CC[C@@H]5[C@@]6(C)C[C@H](O)[C@H](O[C@@H]7O[C@H](CO)[C@@H](O)[C@H](O)[C@H]7O)[C@@](C)(C(=O)O)[C@@H]6CC[C@@]5(C)[C@]3(CO)CC4)O[C@@H]2C)cc1. The van der Waals surface area contributed by atoms with Crippen LogP contribution >= 0.6 is 0 Å². The molecule has 7 saturated heterocycles. The summed E-state index contributed by atoms with van der Waals surface area (Å²) in [4.78, 5) is 45.2. The first-order chi connectivity index (χ1) is 55.1. The molecule has 7 aliphatic heterocycles. The Bertz CT molecular complexity index is 3670. The molecular formula is C79H118O38. The third-order valence-corrected chi connectivity index (χ3v) is 28.4. The highest BCUT2D eigenvalue weighted by atomic mass is 16.8. The molecule has 4 saturated carbocycles. The topological polar surface area (TPSA) is 583 Å². The van der Waals surface area contributed by atoms with E-state index in [0.717, 1.165) is 11.6 Å². The molecule has 13 rings (SSSR count). The average Bonchev–Trinajstić information content (AvgIpc) is 0.852. The van der Waals surface area contributed by atoms with Crippen LogP contribution in [0.25, 0.3) is 6.08 Å². The van der Waals surface area contributed by atoms with Gasteiger partial charge in [-0.05, 0) is 143 Å². The standard InChI is InChI=1S/C79H118O38/c1-32-46(87)49(90)52(93)66(106-32)114-60-57(110-45(86)17-12-35-10-13-36(102-9)14-11-35)34(3)108-69(61(60)115-68-55(96)59(113-70-62(97)79(101,30-82)31-105-70)56(33(2)107-68)111-65-54(95)58(41(85)28-104-65)112-64-51(92)47(88)40(84)27-103-64)117-72(100)77-21-20-73(4,5)24-38(77)37-15-16-43-74(6)25-39(83)63(116-67-53(94)50(91)48(89)42(26-80)109-67)76(8,71(98)99)44(74)18-19-75(43,7)78(37,29-81)23-22-77/h10-15,17,32-34,38-44,46-70,80-85,87-97,101H,16,18-31H2,1-9H3,(H,98,99)/b17-12+/t32-,33-,34+,38-,39-,40-,41+,42+,43+,44+,46-,47-,48+,49+,50-,51+,52+,53+,54+,55+,56-,57-,58-,59-,60-,61+,62-,63-,64-,65-,66-,67-,68-,69-,70-,74+,75+,76-,77-,78-,79-/m0/s1. The number of esters is 2. The van der Waals surface area contributed by atoms with Gasteiger partial charge in [-0.3, -0.25) is 9.59 Å². The molecule has 0 aromatic heterocycles. The van der Waals surface area contributed by atoms with Crippen molar-refractivity contribution in [1.29, 1.82) is 0 Å². The van der Waals surface area contributed by atoms with Crippen molar-refractivity contribution in [2.24, 2.45) is 50.2 Å². The van der Waals surface area contributed by atoms with Crippen LogP contribution < -0.4 is 4.74 Å². The van der Waals surface area contributed by atoms with Gasteiger partial charge in [-0.15, -0.1) is 0 Å². The average molecular weight is 1680 g/mol. The number of rotatable bonds is 22. The van der Waals surface area contributed by atoms with Gasteiger partial charge in [-0.2, -0.15) is 0 Å². The van der Waals surface area contributed by atoms with E-state index in [2.05, 4.69) is 20.8 Å². The maximum Gasteiger partial charge on any atom is 0.331 e. The third-order valence-electron chi connectivity index (χ3n) is 28.4. The zero-order valence-electron chi connectivity index (χ0n) is 66.6. The predicted octanol–water partition coefficient (Wildman–Crippen LogP) is -4.28. The predicted molar refractivity (Wildman–Crippen MR) is 389 cm³/mol. The fraction of sp³-hybridized carbons (Fsp3) is 0.835. The number of aliphatic hydroxyl groups is 18. The van der Waals surface area contributed by atoms with E-state index in [1.165, 1.54) is 40.9 Å². The van der Waals surface area contributed by atoms with Gasteiger partial charge in [0.05, 0.1) is 82.0 Å². The van der Waals surface area contributed by atoms with Crippen LogP contribution in [0, 0.1) is 50.2 Å². The second-order valence-electron chi connectivity index (χ2n) is 35.8. The zero-order chi connectivity index (χ0) is 85.0. The molecule has 1 aromatic rings. The largest absolute Gasteiger partial charge is 0.497 e. The van der Waals surface area contributed by atoms with Gasteiger partial charge in [-0.1, -0.05) is 51.5 Å². The molecule has 0 amide bonds. The number of aliphatic carboxylic acids is 1. The van der Waals surface area contributed by atoms with E-state index in [9.17, 15) is 107 Å². The molecule has 38 heteroatoms. The van der Waals surface area contributed by atoms with Crippen LogP contribution in [0.1, 0.15) is 119 Å². The van der Waals surface area contributed by atoms with Crippen LogP contribution in [0.4, 0.5) is 0 Å². The Labute approximate surface area is 674 Å².